The van der Waals surface area contributed by atoms with E-state index in [2.05, 4.69) is 5.32 Å². The molecule has 0 aromatic heterocycles. The van der Waals surface area contributed by atoms with E-state index >= 15 is 0 Å². The van der Waals surface area contributed by atoms with Gasteiger partial charge in [-0.3, -0.25) is 0 Å². The molecule has 2 rings (SSSR count). The lowest BCUT2D eigenvalue weighted by atomic mass is 10.2. The number of rotatable bonds is 5. The first kappa shape index (κ1) is 14.3. The van der Waals surface area contributed by atoms with Crippen molar-refractivity contribution >= 4 is 17.2 Å². The van der Waals surface area contributed by atoms with Gasteiger partial charge in [0.05, 0.1) is 14.2 Å². The van der Waals surface area contributed by atoms with Crippen molar-refractivity contribution in [1.29, 1.82) is 0 Å². The van der Waals surface area contributed by atoms with E-state index < -0.39 is 0 Å². The zero-order valence-electron chi connectivity index (χ0n) is 11.6. The minimum absolute atomic E-state index is 0.647. The van der Waals surface area contributed by atoms with E-state index in [0.717, 1.165) is 27.6 Å². The number of benzene rings is 2. The average molecular weight is 287 g/mol. The third-order valence-electron chi connectivity index (χ3n) is 2.94. The van der Waals surface area contributed by atoms with Gasteiger partial charge in [0.15, 0.2) is 11.5 Å². The maximum Gasteiger partial charge on any atom is 0.161 e. The summed E-state index contributed by atoms with van der Waals surface area (Å²) >= 11 is 5.36. The summed E-state index contributed by atoms with van der Waals surface area (Å²) in [5.41, 5.74) is 2.10. The summed E-state index contributed by atoms with van der Waals surface area (Å²) in [5.74, 6) is 1.44. The van der Waals surface area contributed by atoms with Gasteiger partial charge in [0.25, 0.3) is 0 Å². The van der Waals surface area contributed by atoms with Crippen LogP contribution in [-0.4, -0.2) is 19.2 Å². The van der Waals surface area contributed by atoms with Crippen LogP contribution in [0.2, 0.25) is 0 Å². The van der Waals surface area contributed by atoms with Crippen LogP contribution in [0, 0.1) is 0 Å². The molecule has 0 saturated heterocycles. The highest BCUT2D eigenvalue weighted by Crippen LogP contribution is 2.27. The first-order valence-corrected chi connectivity index (χ1v) is 6.69. The maximum absolute atomic E-state index is 5.36. The lowest BCUT2D eigenvalue weighted by Crippen LogP contribution is -2.21. The molecular formula is C16H17NO2S. The van der Waals surface area contributed by atoms with Gasteiger partial charge in [0, 0.05) is 12.1 Å². The second kappa shape index (κ2) is 6.91. The molecule has 0 fully saturated rings. The molecular weight excluding hydrogens is 270 g/mol. The van der Waals surface area contributed by atoms with Crippen LogP contribution in [0.15, 0.2) is 48.5 Å². The van der Waals surface area contributed by atoms with Gasteiger partial charge in [-0.1, -0.05) is 48.6 Å². The van der Waals surface area contributed by atoms with E-state index in [1.54, 1.807) is 14.2 Å². The van der Waals surface area contributed by atoms with Crippen molar-refractivity contribution in [2.45, 2.75) is 6.54 Å². The Hall–Kier alpha value is -2.07. The quantitative estimate of drug-likeness (QED) is 0.856. The van der Waals surface area contributed by atoms with Crippen LogP contribution in [0.4, 0.5) is 0 Å². The Balaban J connectivity index is 2.02. The fourth-order valence-corrected chi connectivity index (χ4v) is 2.07. The van der Waals surface area contributed by atoms with Crippen molar-refractivity contribution in [3.63, 3.8) is 0 Å². The number of hydrogen-bond acceptors (Lipinski definition) is 3. The summed E-state index contributed by atoms with van der Waals surface area (Å²) in [6, 6.07) is 15.7. The molecule has 0 aliphatic rings. The monoisotopic (exact) mass is 287 g/mol. The van der Waals surface area contributed by atoms with Crippen LogP contribution < -0.4 is 14.8 Å². The zero-order chi connectivity index (χ0) is 14.4. The largest absolute Gasteiger partial charge is 0.493 e. The normalized spacial score (nSPS) is 9.90. The topological polar surface area (TPSA) is 30.5 Å². The van der Waals surface area contributed by atoms with E-state index in [4.69, 9.17) is 21.7 Å². The Bertz CT molecular complexity index is 584. The maximum atomic E-state index is 5.36. The molecule has 104 valence electrons. The van der Waals surface area contributed by atoms with Gasteiger partial charge >= 0.3 is 0 Å². The molecule has 20 heavy (non-hydrogen) atoms. The van der Waals surface area contributed by atoms with Crippen LogP contribution in [0.3, 0.4) is 0 Å². The predicted octanol–water partition coefficient (Wildman–Crippen LogP) is 3.17. The molecule has 0 atom stereocenters. The number of thiocarbonyl (C=S) groups is 1. The fraction of sp³-hybridized carbons (Fsp3) is 0.188. The molecule has 1 N–H and O–H groups in total. The summed E-state index contributed by atoms with van der Waals surface area (Å²) in [7, 11) is 3.25. The third kappa shape index (κ3) is 3.48. The second-order valence-electron chi connectivity index (χ2n) is 4.24. The molecule has 0 aliphatic carbocycles. The lowest BCUT2D eigenvalue weighted by molar-refractivity contribution is 0.354. The molecule has 0 spiro atoms. The number of nitrogens with one attached hydrogen (secondary N) is 1. The molecule has 0 radical (unpaired) electrons. The number of ether oxygens (including phenoxy) is 2. The average Bonchev–Trinajstić information content (AvgIpc) is 2.53. The van der Waals surface area contributed by atoms with Crippen LogP contribution in [0.25, 0.3) is 0 Å². The van der Waals surface area contributed by atoms with Crippen LogP contribution in [0.1, 0.15) is 11.1 Å². The standard InChI is InChI=1S/C16H17NO2S/c1-18-14-9-8-12(10-15(14)19-2)11-17-16(20)13-6-4-3-5-7-13/h3-10H,11H2,1-2H3,(H,17,20). The fourth-order valence-electron chi connectivity index (χ4n) is 1.86. The predicted molar refractivity (Wildman–Crippen MR) is 84.5 cm³/mol. The van der Waals surface area contributed by atoms with Crippen LogP contribution in [0.5, 0.6) is 11.5 Å². The zero-order valence-corrected chi connectivity index (χ0v) is 12.4. The van der Waals surface area contributed by atoms with Gasteiger partial charge in [-0.25, -0.2) is 0 Å². The molecule has 3 nitrogen and oxygen atoms in total. The summed E-state index contributed by atoms with van der Waals surface area (Å²) in [5, 5.41) is 3.24. The first-order valence-electron chi connectivity index (χ1n) is 6.28. The molecule has 0 saturated carbocycles. The van der Waals surface area contributed by atoms with Gasteiger partial charge < -0.3 is 14.8 Å². The second-order valence-corrected chi connectivity index (χ2v) is 4.65. The van der Waals surface area contributed by atoms with Crippen LogP contribution in [-0.2, 0) is 6.54 Å². The van der Waals surface area contributed by atoms with Gasteiger partial charge in [0.2, 0.25) is 0 Å². The van der Waals surface area contributed by atoms with E-state index in [-0.39, 0.29) is 0 Å². The molecule has 0 unspecified atom stereocenters. The summed E-state index contributed by atoms with van der Waals surface area (Å²) in [6.07, 6.45) is 0. The van der Waals surface area contributed by atoms with E-state index in [1.807, 2.05) is 48.5 Å². The number of hydrogen-bond donors (Lipinski definition) is 1. The molecule has 0 aliphatic heterocycles. The van der Waals surface area contributed by atoms with Crippen molar-refractivity contribution in [3.05, 3.63) is 59.7 Å². The smallest absolute Gasteiger partial charge is 0.161 e. The lowest BCUT2D eigenvalue weighted by Gasteiger charge is -2.11. The minimum Gasteiger partial charge on any atom is -0.493 e. The van der Waals surface area contributed by atoms with Crippen molar-refractivity contribution < 1.29 is 9.47 Å². The van der Waals surface area contributed by atoms with Crippen LogP contribution >= 0.6 is 12.2 Å². The third-order valence-corrected chi connectivity index (χ3v) is 3.32. The van der Waals surface area contributed by atoms with Crippen molar-refractivity contribution in [2.24, 2.45) is 0 Å². The van der Waals surface area contributed by atoms with Gasteiger partial charge in [0.1, 0.15) is 4.99 Å². The van der Waals surface area contributed by atoms with E-state index in [9.17, 15) is 0 Å². The molecule has 0 bridgehead atoms. The molecule has 2 aromatic carbocycles. The summed E-state index contributed by atoms with van der Waals surface area (Å²) in [4.78, 5) is 0.736. The van der Waals surface area contributed by atoms with Gasteiger partial charge in [-0.2, -0.15) is 0 Å². The van der Waals surface area contributed by atoms with Crippen molar-refractivity contribution in [1.82, 2.24) is 5.32 Å². The summed E-state index contributed by atoms with van der Waals surface area (Å²) in [6.45, 7) is 0.647. The Morgan fingerprint density at radius 1 is 1.00 bits per heavy atom. The van der Waals surface area contributed by atoms with E-state index in [1.165, 1.54) is 0 Å². The molecule has 4 heteroatoms. The van der Waals surface area contributed by atoms with Gasteiger partial charge in [-0.05, 0) is 17.7 Å². The van der Waals surface area contributed by atoms with Crippen molar-refractivity contribution in [3.8, 4) is 11.5 Å². The Morgan fingerprint density at radius 2 is 1.70 bits per heavy atom. The molecule has 0 amide bonds. The SMILES string of the molecule is COc1ccc(CNC(=S)c2ccccc2)cc1OC. The summed E-state index contributed by atoms with van der Waals surface area (Å²) < 4.78 is 10.5. The first-order chi connectivity index (χ1) is 9.74. The van der Waals surface area contributed by atoms with Gasteiger partial charge in [-0.15, -0.1) is 0 Å². The molecule has 0 heterocycles. The highest BCUT2D eigenvalue weighted by Gasteiger charge is 2.05. The Labute approximate surface area is 124 Å². The highest BCUT2D eigenvalue weighted by atomic mass is 32.1. The minimum atomic E-state index is 0.647. The molecule has 2 aromatic rings. The highest BCUT2D eigenvalue weighted by molar-refractivity contribution is 7.80. The Kier molecular flexibility index (Phi) is 4.96. The van der Waals surface area contributed by atoms with Crippen molar-refractivity contribution in [2.75, 3.05) is 14.2 Å². The van der Waals surface area contributed by atoms with E-state index in [0.29, 0.717) is 6.54 Å². The number of methoxy groups -OCH3 is 2. The Morgan fingerprint density at radius 3 is 2.35 bits per heavy atom.